The van der Waals surface area contributed by atoms with E-state index in [0.29, 0.717) is 5.69 Å². The molecule has 2 aromatic rings. The van der Waals surface area contributed by atoms with Gasteiger partial charge in [-0.15, -0.1) is 5.10 Å². The van der Waals surface area contributed by atoms with Crippen LogP contribution in [0.25, 0.3) is 0 Å². The average Bonchev–Trinajstić information content (AvgIpc) is 2.75. The summed E-state index contributed by atoms with van der Waals surface area (Å²) in [6, 6.07) is 0. The number of carbonyl (C=O) groups excluding carboxylic acids is 1. The number of nitrogens with zero attached hydrogens (tertiary/aromatic N) is 5. The Bertz CT molecular complexity index is 752. The summed E-state index contributed by atoms with van der Waals surface area (Å²) in [4.78, 5) is 35.0. The summed E-state index contributed by atoms with van der Waals surface area (Å²) in [5.41, 5.74) is -0.544. The summed E-state index contributed by atoms with van der Waals surface area (Å²) in [6.45, 7) is 1.44. The van der Waals surface area contributed by atoms with Gasteiger partial charge in [-0.3, -0.25) is 23.4 Å². The van der Waals surface area contributed by atoms with Crippen LogP contribution in [0.15, 0.2) is 22.0 Å². The predicted octanol–water partition coefficient (Wildman–Crippen LogP) is -1.07. The molecule has 0 aliphatic heterocycles. The molecule has 8 nitrogen and oxygen atoms in total. The van der Waals surface area contributed by atoms with E-state index >= 15 is 0 Å². The Labute approximate surface area is 107 Å². The highest BCUT2D eigenvalue weighted by atomic mass is 16.2. The highest BCUT2D eigenvalue weighted by molar-refractivity contribution is 5.93. The van der Waals surface area contributed by atoms with E-state index in [1.807, 2.05) is 0 Å². The number of hydrogen-bond acceptors (Lipinski definition) is 5. The van der Waals surface area contributed by atoms with Gasteiger partial charge in [0, 0.05) is 26.5 Å². The minimum Gasteiger partial charge on any atom is -0.294 e. The third-order valence-electron chi connectivity index (χ3n) is 2.71. The smallest absolute Gasteiger partial charge is 0.294 e. The van der Waals surface area contributed by atoms with Crippen molar-refractivity contribution in [3.8, 4) is 0 Å². The third kappa shape index (κ3) is 2.37. The van der Waals surface area contributed by atoms with Crippen molar-refractivity contribution in [1.29, 1.82) is 0 Å². The van der Waals surface area contributed by atoms with Crippen molar-refractivity contribution in [2.24, 2.45) is 14.1 Å². The van der Waals surface area contributed by atoms with Crippen molar-refractivity contribution < 1.29 is 4.79 Å². The lowest BCUT2D eigenvalue weighted by Gasteiger charge is -2.07. The Hall–Kier alpha value is -2.51. The van der Waals surface area contributed by atoms with Crippen molar-refractivity contribution in [3.05, 3.63) is 44.5 Å². The lowest BCUT2D eigenvalue weighted by Crippen LogP contribution is -2.40. The van der Waals surface area contributed by atoms with Gasteiger partial charge in [0.05, 0.1) is 12.1 Å². The molecule has 0 aliphatic rings. The van der Waals surface area contributed by atoms with Crippen LogP contribution in [-0.4, -0.2) is 29.9 Å². The number of Topliss-reactive ketones (excluding diaryl/α,β-unsaturated/α-hetero) is 1. The van der Waals surface area contributed by atoms with Gasteiger partial charge in [-0.05, 0) is 6.92 Å². The first-order valence-electron chi connectivity index (χ1n) is 5.56. The van der Waals surface area contributed by atoms with Crippen LogP contribution in [0.5, 0.6) is 0 Å². The standard InChI is InChI=1S/C11H13N5O3/c1-7(17)9-6-16(11(19)15(3)10(9)18)5-8-4-14(2)13-12-8/h4,6H,5H2,1-3H3. The second kappa shape index (κ2) is 4.63. The summed E-state index contributed by atoms with van der Waals surface area (Å²) in [5, 5.41) is 7.62. The molecule has 0 aliphatic carbocycles. The third-order valence-corrected chi connectivity index (χ3v) is 2.71. The van der Waals surface area contributed by atoms with Gasteiger partial charge in [-0.1, -0.05) is 5.21 Å². The summed E-state index contributed by atoms with van der Waals surface area (Å²) >= 11 is 0. The van der Waals surface area contributed by atoms with E-state index in [2.05, 4.69) is 10.3 Å². The second-order valence-electron chi connectivity index (χ2n) is 4.26. The normalized spacial score (nSPS) is 10.7. The zero-order chi connectivity index (χ0) is 14.2. The molecule has 0 amide bonds. The SMILES string of the molecule is CC(=O)c1cn(Cc2cn(C)nn2)c(=O)n(C)c1=O. The van der Waals surface area contributed by atoms with Crippen LogP contribution < -0.4 is 11.2 Å². The Morgan fingerprint density at radius 2 is 1.95 bits per heavy atom. The van der Waals surface area contributed by atoms with Crippen molar-refractivity contribution in [1.82, 2.24) is 24.1 Å². The van der Waals surface area contributed by atoms with E-state index in [0.717, 1.165) is 4.57 Å². The first-order valence-corrected chi connectivity index (χ1v) is 5.56. The number of hydrogen-bond donors (Lipinski definition) is 0. The summed E-state index contributed by atoms with van der Waals surface area (Å²) in [7, 11) is 3.05. The zero-order valence-corrected chi connectivity index (χ0v) is 10.8. The van der Waals surface area contributed by atoms with Gasteiger partial charge in [0.1, 0.15) is 5.69 Å². The summed E-state index contributed by atoms with van der Waals surface area (Å²) in [6.07, 6.45) is 2.92. The van der Waals surface area contributed by atoms with Crippen molar-refractivity contribution in [2.45, 2.75) is 13.5 Å². The quantitative estimate of drug-likeness (QED) is 0.657. The van der Waals surface area contributed by atoms with Crippen LogP contribution in [0.3, 0.4) is 0 Å². The van der Waals surface area contributed by atoms with Crippen LogP contribution in [0.1, 0.15) is 23.0 Å². The molecule has 19 heavy (non-hydrogen) atoms. The van der Waals surface area contributed by atoms with Crippen LogP contribution in [0, 0.1) is 0 Å². The van der Waals surface area contributed by atoms with E-state index in [4.69, 9.17) is 0 Å². The maximum atomic E-state index is 11.9. The van der Waals surface area contributed by atoms with E-state index in [1.54, 1.807) is 13.2 Å². The maximum Gasteiger partial charge on any atom is 0.331 e. The number of carbonyl (C=O) groups is 1. The van der Waals surface area contributed by atoms with Crippen LogP contribution in [0.2, 0.25) is 0 Å². The van der Waals surface area contributed by atoms with Gasteiger partial charge in [0.2, 0.25) is 0 Å². The van der Waals surface area contributed by atoms with Crippen molar-refractivity contribution in [3.63, 3.8) is 0 Å². The molecule has 100 valence electrons. The van der Waals surface area contributed by atoms with E-state index < -0.39 is 11.2 Å². The molecule has 0 aromatic carbocycles. The Morgan fingerprint density at radius 1 is 1.26 bits per heavy atom. The average molecular weight is 263 g/mol. The monoisotopic (exact) mass is 263 g/mol. The molecule has 0 fully saturated rings. The predicted molar refractivity (Wildman–Crippen MR) is 66.1 cm³/mol. The Balaban J connectivity index is 2.55. The van der Waals surface area contributed by atoms with Crippen LogP contribution in [-0.2, 0) is 20.6 Å². The molecular formula is C11H13N5O3. The summed E-state index contributed by atoms with van der Waals surface area (Å²) in [5.74, 6) is -0.381. The molecule has 0 radical (unpaired) electrons. The first kappa shape index (κ1) is 12.9. The lowest BCUT2D eigenvalue weighted by molar-refractivity contribution is 0.101. The molecular weight excluding hydrogens is 250 g/mol. The molecule has 8 heteroatoms. The largest absolute Gasteiger partial charge is 0.331 e. The number of aromatic nitrogens is 5. The number of aryl methyl sites for hydroxylation is 1. The molecule has 2 heterocycles. The molecule has 0 atom stereocenters. The minimum atomic E-state index is -0.590. The minimum absolute atomic E-state index is 0.0222. The van der Waals surface area contributed by atoms with Gasteiger partial charge in [-0.25, -0.2) is 4.79 Å². The topological polar surface area (TPSA) is 91.8 Å². The molecule has 0 unspecified atom stereocenters. The Morgan fingerprint density at radius 3 is 2.47 bits per heavy atom. The molecule has 2 aromatic heterocycles. The van der Waals surface area contributed by atoms with Crippen molar-refractivity contribution >= 4 is 5.78 Å². The lowest BCUT2D eigenvalue weighted by atomic mass is 10.2. The highest BCUT2D eigenvalue weighted by Gasteiger charge is 2.13. The zero-order valence-electron chi connectivity index (χ0n) is 10.8. The van der Waals surface area contributed by atoms with Crippen LogP contribution in [0.4, 0.5) is 0 Å². The maximum absolute atomic E-state index is 11.9. The number of rotatable bonds is 3. The molecule has 0 bridgehead atoms. The second-order valence-corrected chi connectivity index (χ2v) is 4.26. The van der Waals surface area contributed by atoms with Gasteiger partial charge < -0.3 is 0 Å². The molecule has 0 spiro atoms. The number of ketones is 1. The Kier molecular flexibility index (Phi) is 3.16. The van der Waals surface area contributed by atoms with E-state index in [1.165, 1.54) is 29.4 Å². The van der Waals surface area contributed by atoms with Gasteiger partial charge in [0.25, 0.3) is 5.56 Å². The van der Waals surface area contributed by atoms with E-state index in [-0.39, 0.29) is 17.9 Å². The van der Waals surface area contributed by atoms with Gasteiger partial charge in [-0.2, -0.15) is 0 Å². The fourth-order valence-corrected chi connectivity index (χ4v) is 1.72. The molecule has 0 N–H and O–H groups in total. The molecule has 0 saturated carbocycles. The highest BCUT2D eigenvalue weighted by Crippen LogP contribution is 1.96. The first-order chi connectivity index (χ1) is 8.90. The summed E-state index contributed by atoms with van der Waals surface area (Å²) < 4.78 is 3.68. The molecule has 0 saturated heterocycles. The van der Waals surface area contributed by atoms with Gasteiger partial charge in [0.15, 0.2) is 5.78 Å². The van der Waals surface area contributed by atoms with Crippen molar-refractivity contribution in [2.75, 3.05) is 0 Å². The van der Waals surface area contributed by atoms with Crippen LogP contribution >= 0.6 is 0 Å². The van der Waals surface area contributed by atoms with Gasteiger partial charge >= 0.3 is 5.69 Å². The fraction of sp³-hybridized carbons (Fsp3) is 0.364. The molecule has 2 rings (SSSR count). The van der Waals surface area contributed by atoms with E-state index in [9.17, 15) is 14.4 Å². The fourth-order valence-electron chi connectivity index (χ4n) is 1.72.